The van der Waals surface area contributed by atoms with E-state index in [4.69, 9.17) is 0 Å². The lowest BCUT2D eigenvalue weighted by molar-refractivity contribution is -0.119. The quantitative estimate of drug-likeness (QED) is 0.808. The van der Waals surface area contributed by atoms with Crippen LogP contribution in [0.3, 0.4) is 0 Å². The van der Waals surface area contributed by atoms with Gasteiger partial charge >= 0.3 is 0 Å². The Bertz CT molecular complexity index is 447. The number of carbonyl (C=O) groups is 1. The Morgan fingerprint density at radius 2 is 2.16 bits per heavy atom. The van der Waals surface area contributed by atoms with E-state index in [9.17, 15) is 9.90 Å². The van der Waals surface area contributed by atoms with E-state index >= 15 is 0 Å². The number of benzene rings is 1. The van der Waals surface area contributed by atoms with Gasteiger partial charge in [0, 0.05) is 15.9 Å². The first-order valence-corrected chi connectivity index (χ1v) is 8.23. The van der Waals surface area contributed by atoms with Crippen LogP contribution >= 0.6 is 27.7 Å². The normalized spacial score (nSPS) is 17.4. The molecule has 1 aliphatic rings. The second-order valence-electron chi connectivity index (χ2n) is 4.95. The summed E-state index contributed by atoms with van der Waals surface area (Å²) in [6.45, 7) is 0.380. The molecule has 1 saturated carbocycles. The molecule has 1 fully saturated rings. The standard InChI is InChI=1S/C14H18BrNO2S/c15-11-4-3-5-12(8-11)19-9-13(17)16-10-14(18)6-1-2-7-14/h3-5,8,18H,1-2,6-7,9-10H2,(H,16,17). The van der Waals surface area contributed by atoms with Gasteiger partial charge in [-0.15, -0.1) is 11.8 Å². The molecule has 1 aliphatic carbocycles. The van der Waals surface area contributed by atoms with Crippen molar-refractivity contribution in [3.8, 4) is 0 Å². The first-order valence-electron chi connectivity index (χ1n) is 6.45. The number of hydrogen-bond acceptors (Lipinski definition) is 3. The Hall–Kier alpha value is -0.520. The smallest absolute Gasteiger partial charge is 0.230 e. The summed E-state index contributed by atoms with van der Waals surface area (Å²) in [6, 6.07) is 7.88. The maximum absolute atomic E-state index is 11.7. The fourth-order valence-corrected chi connectivity index (χ4v) is 3.57. The number of carbonyl (C=O) groups excluding carboxylic acids is 1. The highest BCUT2D eigenvalue weighted by Crippen LogP contribution is 2.28. The summed E-state index contributed by atoms with van der Waals surface area (Å²) < 4.78 is 1.01. The molecule has 0 heterocycles. The van der Waals surface area contributed by atoms with Gasteiger partial charge in [-0.3, -0.25) is 4.79 Å². The highest BCUT2D eigenvalue weighted by atomic mass is 79.9. The van der Waals surface area contributed by atoms with E-state index in [0.29, 0.717) is 12.3 Å². The molecule has 3 nitrogen and oxygen atoms in total. The van der Waals surface area contributed by atoms with Crippen LogP contribution in [0.15, 0.2) is 33.6 Å². The molecular weight excluding hydrogens is 326 g/mol. The number of halogens is 1. The third-order valence-corrected chi connectivity index (χ3v) is 4.80. The van der Waals surface area contributed by atoms with E-state index in [0.717, 1.165) is 35.1 Å². The van der Waals surface area contributed by atoms with Crippen LogP contribution in [0.25, 0.3) is 0 Å². The fraction of sp³-hybridized carbons (Fsp3) is 0.500. The molecule has 0 atom stereocenters. The van der Waals surface area contributed by atoms with Crippen molar-refractivity contribution >= 4 is 33.6 Å². The Balaban J connectivity index is 1.73. The van der Waals surface area contributed by atoms with Crippen LogP contribution in [0.1, 0.15) is 25.7 Å². The minimum absolute atomic E-state index is 0.0229. The van der Waals surface area contributed by atoms with Gasteiger partial charge in [-0.2, -0.15) is 0 Å². The molecule has 0 aromatic heterocycles. The number of rotatable bonds is 5. The number of hydrogen-bond donors (Lipinski definition) is 2. The van der Waals surface area contributed by atoms with Crippen LogP contribution in [0, 0.1) is 0 Å². The second-order valence-corrected chi connectivity index (χ2v) is 6.92. The number of aliphatic hydroxyl groups is 1. The third kappa shape index (κ3) is 4.82. The van der Waals surface area contributed by atoms with Crippen molar-refractivity contribution in [1.29, 1.82) is 0 Å². The Kier molecular flexibility index (Phi) is 5.30. The second kappa shape index (κ2) is 6.77. The molecule has 1 aromatic carbocycles. The molecule has 0 unspecified atom stereocenters. The minimum atomic E-state index is -0.671. The summed E-state index contributed by atoms with van der Waals surface area (Å²) in [6.07, 6.45) is 3.70. The topological polar surface area (TPSA) is 49.3 Å². The Labute approximate surface area is 126 Å². The zero-order valence-electron chi connectivity index (χ0n) is 10.7. The van der Waals surface area contributed by atoms with Crippen LogP contribution in [-0.2, 0) is 4.79 Å². The van der Waals surface area contributed by atoms with Crippen molar-refractivity contribution in [1.82, 2.24) is 5.32 Å². The van der Waals surface area contributed by atoms with Gasteiger partial charge in [-0.05, 0) is 31.0 Å². The first-order chi connectivity index (χ1) is 9.07. The molecule has 19 heavy (non-hydrogen) atoms. The van der Waals surface area contributed by atoms with Crippen LogP contribution < -0.4 is 5.32 Å². The zero-order valence-corrected chi connectivity index (χ0v) is 13.1. The molecule has 0 bridgehead atoms. The van der Waals surface area contributed by atoms with Crippen molar-refractivity contribution < 1.29 is 9.90 Å². The highest BCUT2D eigenvalue weighted by Gasteiger charge is 2.31. The number of thioether (sulfide) groups is 1. The fourth-order valence-electron chi connectivity index (χ4n) is 2.23. The van der Waals surface area contributed by atoms with Crippen molar-refractivity contribution in [2.75, 3.05) is 12.3 Å². The van der Waals surface area contributed by atoms with E-state index in [1.54, 1.807) is 0 Å². The van der Waals surface area contributed by atoms with Gasteiger partial charge in [0.25, 0.3) is 0 Å². The predicted octanol–water partition coefficient (Wildman–Crippen LogP) is 2.96. The largest absolute Gasteiger partial charge is 0.388 e. The Morgan fingerprint density at radius 1 is 1.42 bits per heavy atom. The maximum Gasteiger partial charge on any atom is 0.230 e. The lowest BCUT2D eigenvalue weighted by atomic mass is 10.0. The van der Waals surface area contributed by atoms with Crippen molar-refractivity contribution in [2.24, 2.45) is 0 Å². The van der Waals surface area contributed by atoms with E-state index in [2.05, 4.69) is 21.2 Å². The average Bonchev–Trinajstić information content (AvgIpc) is 2.82. The summed E-state index contributed by atoms with van der Waals surface area (Å²) in [5, 5.41) is 13.0. The third-order valence-electron chi connectivity index (χ3n) is 3.31. The summed E-state index contributed by atoms with van der Waals surface area (Å²) in [5.74, 6) is 0.359. The molecule has 1 aromatic rings. The van der Waals surface area contributed by atoms with Gasteiger partial charge < -0.3 is 10.4 Å². The van der Waals surface area contributed by atoms with Gasteiger partial charge in [0.05, 0.1) is 11.4 Å². The molecular formula is C14H18BrNO2S. The molecule has 5 heteroatoms. The van der Waals surface area contributed by atoms with Crippen molar-refractivity contribution in [3.63, 3.8) is 0 Å². The average molecular weight is 344 g/mol. The molecule has 0 aliphatic heterocycles. The van der Waals surface area contributed by atoms with Crippen LogP contribution in [0.4, 0.5) is 0 Å². The lowest BCUT2D eigenvalue weighted by Gasteiger charge is -2.22. The van der Waals surface area contributed by atoms with E-state index in [1.165, 1.54) is 11.8 Å². The van der Waals surface area contributed by atoms with Crippen LogP contribution in [0.2, 0.25) is 0 Å². The molecule has 1 amide bonds. The van der Waals surface area contributed by atoms with E-state index < -0.39 is 5.60 Å². The summed E-state index contributed by atoms with van der Waals surface area (Å²) in [5.41, 5.74) is -0.671. The van der Waals surface area contributed by atoms with Gasteiger partial charge in [-0.1, -0.05) is 34.8 Å². The van der Waals surface area contributed by atoms with E-state index in [1.807, 2.05) is 24.3 Å². The lowest BCUT2D eigenvalue weighted by Crippen LogP contribution is -2.41. The molecule has 0 spiro atoms. The van der Waals surface area contributed by atoms with Crippen LogP contribution in [0.5, 0.6) is 0 Å². The van der Waals surface area contributed by atoms with Crippen LogP contribution in [-0.4, -0.2) is 28.9 Å². The molecule has 0 saturated heterocycles. The molecule has 2 rings (SSSR count). The monoisotopic (exact) mass is 343 g/mol. The zero-order chi connectivity index (χ0) is 13.7. The highest BCUT2D eigenvalue weighted by molar-refractivity contribution is 9.10. The summed E-state index contributed by atoms with van der Waals surface area (Å²) in [4.78, 5) is 12.8. The molecule has 0 radical (unpaired) electrons. The SMILES string of the molecule is O=C(CSc1cccc(Br)c1)NCC1(O)CCCC1. The van der Waals surface area contributed by atoms with Crippen molar-refractivity contribution in [2.45, 2.75) is 36.2 Å². The first kappa shape index (κ1) is 14.9. The molecule has 2 N–H and O–H groups in total. The summed E-state index contributed by atoms with van der Waals surface area (Å²) in [7, 11) is 0. The molecule has 104 valence electrons. The van der Waals surface area contributed by atoms with Crippen molar-refractivity contribution in [3.05, 3.63) is 28.7 Å². The Morgan fingerprint density at radius 3 is 2.84 bits per heavy atom. The van der Waals surface area contributed by atoms with E-state index in [-0.39, 0.29) is 5.91 Å². The minimum Gasteiger partial charge on any atom is -0.388 e. The van der Waals surface area contributed by atoms with Gasteiger partial charge in [0.15, 0.2) is 0 Å². The number of nitrogens with one attached hydrogen (secondary N) is 1. The maximum atomic E-state index is 11.7. The summed E-state index contributed by atoms with van der Waals surface area (Å²) >= 11 is 4.91. The number of amides is 1. The predicted molar refractivity (Wildman–Crippen MR) is 81.3 cm³/mol. The van der Waals surface area contributed by atoms with Gasteiger partial charge in [0.1, 0.15) is 0 Å². The van der Waals surface area contributed by atoms with Gasteiger partial charge in [-0.25, -0.2) is 0 Å². The van der Waals surface area contributed by atoms with Gasteiger partial charge in [0.2, 0.25) is 5.91 Å².